The Labute approximate surface area is 424 Å². The molecular weight excluding hydrogens is 841 g/mol. The first kappa shape index (κ1) is 66.2. The van der Waals surface area contributed by atoms with Crippen molar-refractivity contribution < 1.29 is 28.6 Å². The van der Waals surface area contributed by atoms with Crippen LogP contribution in [0.25, 0.3) is 0 Å². The number of hydrogen-bond acceptors (Lipinski definition) is 6. The Morgan fingerprint density at radius 2 is 0.485 bits per heavy atom. The van der Waals surface area contributed by atoms with E-state index in [9.17, 15) is 14.4 Å². The molecule has 0 fully saturated rings. The summed E-state index contributed by atoms with van der Waals surface area (Å²) < 4.78 is 16.8. The molecule has 0 aliphatic rings. The van der Waals surface area contributed by atoms with Gasteiger partial charge in [0.1, 0.15) is 13.2 Å². The summed E-state index contributed by atoms with van der Waals surface area (Å²) in [6, 6.07) is 0. The van der Waals surface area contributed by atoms with Gasteiger partial charge in [-0.2, -0.15) is 0 Å². The van der Waals surface area contributed by atoms with Gasteiger partial charge in [0.15, 0.2) is 6.10 Å². The third-order valence-electron chi connectivity index (χ3n) is 14.0. The third kappa shape index (κ3) is 55.1. The molecule has 0 N–H and O–H groups in total. The van der Waals surface area contributed by atoms with Crippen molar-refractivity contribution in [2.75, 3.05) is 13.2 Å². The lowest BCUT2D eigenvalue weighted by atomic mass is 10.0. The van der Waals surface area contributed by atoms with Crippen LogP contribution in [-0.4, -0.2) is 37.2 Å². The maximum absolute atomic E-state index is 12.8. The van der Waals surface area contributed by atoms with Gasteiger partial charge in [-0.1, -0.05) is 296 Å². The average Bonchev–Trinajstić information content (AvgIpc) is 3.34. The van der Waals surface area contributed by atoms with Gasteiger partial charge in [0, 0.05) is 19.3 Å². The van der Waals surface area contributed by atoms with Crippen molar-refractivity contribution in [3.8, 4) is 0 Å². The van der Waals surface area contributed by atoms with Crippen LogP contribution in [0.5, 0.6) is 0 Å². The smallest absolute Gasteiger partial charge is 0.306 e. The van der Waals surface area contributed by atoms with Crippen LogP contribution >= 0.6 is 0 Å². The Hall–Kier alpha value is -1.85. The number of esters is 3. The largest absolute Gasteiger partial charge is 0.462 e. The van der Waals surface area contributed by atoms with Gasteiger partial charge in [-0.05, 0) is 44.9 Å². The molecule has 0 aromatic rings. The average molecular weight is 960 g/mol. The number of ether oxygens (including phenoxy) is 3. The maximum atomic E-state index is 12.8. The van der Waals surface area contributed by atoms with Gasteiger partial charge in [0.25, 0.3) is 0 Å². The minimum absolute atomic E-state index is 0.0664. The minimum atomic E-state index is -0.766. The summed E-state index contributed by atoms with van der Waals surface area (Å²) in [5.41, 5.74) is 0. The van der Waals surface area contributed by atoms with Crippen LogP contribution in [0.3, 0.4) is 0 Å². The predicted octanol–water partition coefficient (Wildman–Crippen LogP) is 20.5. The van der Waals surface area contributed by atoms with Gasteiger partial charge in [0.2, 0.25) is 0 Å². The maximum Gasteiger partial charge on any atom is 0.306 e. The summed E-state index contributed by atoms with van der Waals surface area (Å²) in [7, 11) is 0. The van der Waals surface area contributed by atoms with E-state index in [-0.39, 0.29) is 31.1 Å². The molecule has 0 radical (unpaired) electrons. The highest BCUT2D eigenvalue weighted by Gasteiger charge is 2.19. The number of allylic oxidation sites excluding steroid dienone is 2. The second-order valence-corrected chi connectivity index (χ2v) is 21.0. The number of carbonyl (C=O) groups excluding carboxylic acids is 3. The molecule has 0 amide bonds. The summed E-state index contributed by atoms with van der Waals surface area (Å²) in [6.45, 7) is 6.65. The Morgan fingerprint density at radius 3 is 0.735 bits per heavy atom. The zero-order valence-electron chi connectivity index (χ0n) is 46.2. The molecule has 402 valence electrons. The molecule has 0 saturated carbocycles. The number of rotatable bonds is 57. The summed E-state index contributed by atoms with van der Waals surface area (Å²) >= 11 is 0. The quantitative estimate of drug-likeness (QED) is 0.0262. The highest BCUT2D eigenvalue weighted by atomic mass is 16.6. The molecule has 1 unspecified atom stereocenters. The number of carbonyl (C=O) groups is 3. The van der Waals surface area contributed by atoms with E-state index < -0.39 is 6.10 Å². The van der Waals surface area contributed by atoms with Crippen molar-refractivity contribution in [2.24, 2.45) is 0 Å². The van der Waals surface area contributed by atoms with Gasteiger partial charge < -0.3 is 14.2 Å². The molecule has 6 nitrogen and oxygen atoms in total. The van der Waals surface area contributed by atoms with E-state index in [2.05, 4.69) is 32.9 Å². The van der Waals surface area contributed by atoms with Gasteiger partial charge in [0.05, 0.1) is 0 Å². The first-order valence-corrected chi connectivity index (χ1v) is 30.7. The molecule has 0 aromatic heterocycles. The van der Waals surface area contributed by atoms with Crippen LogP contribution in [0, 0.1) is 0 Å². The molecule has 0 aromatic carbocycles. The fraction of sp³-hybridized carbons (Fsp3) is 0.919. The van der Waals surface area contributed by atoms with E-state index in [0.29, 0.717) is 19.3 Å². The second kappa shape index (κ2) is 57.7. The monoisotopic (exact) mass is 959 g/mol. The van der Waals surface area contributed by atoms with E-state index >= 15 is 0 Å². The van der Waals surface area contributed by atoms with Crippen molar-refractivity contribution in [3.05, 3.63) is 12.2 Å². The Bertz CT molecular complexity index is 1060. The van der Waals surface area contributed by atoms with E-state index in [1.54, 1.807) is 0 Å². The molecule has 0 heterocycles. The van der Waals surface area contributed by atoms with Gasteiger partial charge in [-0.15, -0.1) is 0 Å². The van der Waals surface area contributed by atoms with Crippen molar-refractivity contribution >= 4 is 17.9 Å². The zero-order valence-corrected chi connectivity index (χ0v) is 46.2. The van der Waals surface area contributed by atoms with E-state index in [0.717, 1.165) is 57.8 Å². The predicted molar refractivity (Wildman–Crippen MR) is 293 cm³/mol. The first-order valence-electron chi connectivity index (χ1n) is 30.7. The van der Waals surface area contributed by atoms with E-state index in [1.807, 2.05) is 0 Å². The van der Waals surface area contributed by atoms with Crippen LogP contribution < -0.4 is 0 Å². The Balaban J connectivity index is 4.07. The molecule has 0 spiro atoms. The lowest BCUT2D eigenvalue weighted by molar-refractivity contribution is -0.167. The molecule has 0 rings (SSSR count). The molecule has 1 atom stereocenters. The number of hydrogen-bond donors (Lipinski definition) is 0. The summed E-state index contributed by atoms with van der Waals surface area (Å²) in [5.74, 6) is -0.854. The number of unbranched alkanes of at least 4 members (excludes halogenated alkanes) is 44. The van der Waals surface area contributed by atoms with Gasteiger partial charge in [-0.3, -0.25) is 14.4 Å². The van der Waals surface area contributed by atoms with Gasteiger partial charge in [-0.25, -0.2) is 0 Å². The summed E-state index contributed by atoms with van der Waals surface area (Å²) in [5, 5.41) is 0. The lowest BCUT2D eigenvalue weighted by Gasteiger charge is -2.18. The standard InChI is InChI=1S/C62H118O6/c1-4-7-10-13-16-18-20-22-24-26-28-29-30-31-32-33-34-36-37-39-41-43-46-49-52-55-61(64)67-58-59(57-66-60(63)54-51-48-45-15-12-9-6-3)68-62(65)56-53-50-47-44-42-40-38-35-27-25-23-21-19-17-14-11-8-5-2/h25,27,59H,4-24,26,28-58H2,1-3H3/b27-25-. The summed E-state index contributed by atoms with van der Waals surface area (Å²) in [4.78, 5) is 38.0. The SMILES string of the molecule is CCCCCCCCC/C=C\CCCCCCCCCC(=O)OC(COC(=O)CCCCCCCCC)COC(=O)CCCCCCCCCCCCCCCCCCCCCCCCCCC. The van der Waals surface area contributed by atoms with Crippen molar-refractivity contribution in [3.63, 3.8) is 0 Å². The normalized spacial score (nSPS) is 12.0. The molecule has 0 aliphatic carbocycles. The van der Waals surface area contributed by atoms with Crippen LogP contribution in [0.2, 0.25) is 0 Å². The fourth-order valence-corrected chi connectivity index (χ4v) is 9.38. The molecule has 68 heavy (non-hydrogen) atoms. The van der Waals surface area contributed by atoms with Crippen molar-refractivity contribution in [2.45, 2.75) is 354 Å². The molecule has 0 aliphatic heterocycles. The van der Waals surface area contributed by atoms with E-state index in [4.69, 9.17) is 14.2 Å². The molecule has 0 bridgehead atoms. The fourth-order valence-electron chi connectivity index (χ4n) is 9.38. The highest BCUT2D eigenvalue weighted by molar-refractivity contribution is 5.71. The molecule has 0 saturated heterocycles. The van der Waals surface area contributed by atoms with E-state index in [1.165, 1.54) is 250 Å². The van der Waals surface area contributed by atoms with Gasteiger partial charge >= 0.3 is 17.9 Å². The Kier molecular flexibility index (Phi) is 56.2. The zero-order chi connectivity index (χ0) is 49.3. The van der Waals surface area contributed by atoms with Crippen LogP contribution in [-0.2, 0) is 28.6 Å². The topological polar surface area (TPSA) is 78.9 Å². The lowest BCUT2D eigenvalue weighted by Crippen LogP contribution is -2.30. The molecular formula is C62H118O6. The van der Waals surface area contributed by atoms with Crippen LogP contribution in [0.15, 0.2) is 12.2 Å². The summed E-state index contributed by atoms with van der Waals surface area (Å²) in [6.07, 6.45) is 66.7. The van der Waals surface area contributed by atoms with Crippen molar-refractivity contribution in [1.82, 2.24) is 0 Å². The van der Waals surface area contributed by atoms with Crippen molar-refractivity contribution in [1.29, 1.82) is 0 Å². The molecule has 6 heteroatoms. The van der Waals surface area contributed by atoms with Crippen LogP contribution in [0.4, 0.5) is 0 Å². The highest BCUT2D eigenvalue weighted by Crippen LogP contribution is 2.18. The first-order chi connectivity index (χ1) is 33.5. The Morgan fingerprint density at radius 1 is 0.279 bits per heavy atom. The third-order valence-corrected chi connectivity index (χ3v) is 14.0. The minimum Gasteiger partial charge on any atom is -0.462 e. The van der Waals surface area contributed by atoms with Crippen LogP contribution in [0.1, 0.15) is 348 Å². The second-order valence-electron chi connectivity index (χ2n) is 21.0.